The Kier molecular flexibility index (Phi) is 4.02. The van der Waals surface area contributed by atoms with Crippen LogP contribution in [-0.2, 0) is 11.8 Å². The average Bonchev–Trinajstić information content (AvgIpc) is 2.77. The highest BCUT2D eigenvalue weighted by molar-refractivity contribution is 6.08. The quantitative estimate of drug-likeness (QED) is 0.888. The van der Waals surface area contributed by atoms with Crippen LogP contribution < -0.4 is 5.32 Å². The van der Waals surface area contributed by atoms with Crippen molar-refractivity contribution in [1.29, 1.82) is 0 Å². The molecule has 0 aliphatic rings. The molecule has 2 aromatic rings. The summed E-state index contributed by atoms with van der Waals surface area (Å²) in [6.07, 6.45) is 2.80. The minimum atomic E-state index is -1.25. The van der Waals surface area contributed by atoms with Crippen molar-refractivity contribution >= 4 is 22.8 Å². The standard InChI is InChI=1S/C16H20N2O3/c1-4-9-16(2,15(20)21)17-14(19)12-10-18(3)13-8-6-5-7-11(12)13/h5-8,10H,4,9H2,1-3H3,(H,17,19)(H,20,21)/t16-/m0/s1. The number of rotatable bonds is 5. The number of hydrogen-bond donors (Lipinski definition) is 2. The van der Waals surface area contributed by atoms with Crippen LogP contribution in [0.1, 0.15) is 37.0 Å². The molecular formula is C16H20N2O3. The molecule has 0 saturated heterocycles. The number of aryl methyl sites for hydroxylation is 1. The lowest BCUT2D eigenvalue weighted by Gasteiger charge is -2.25. The van der Waals surface area contributed by atoms with Gasteiger partial charge in [0, 0.05) is 24.1 Å². The Balaban J connectivity index is 2.37. The van der Waals surface area contributed by atoms with Crippen LogP contribution in [-0.4, -0.2) is 27.1 Å². The number of aromatic nitrogens is 1. The number of amides is 1. The fourth-order valence-corrected chi connectivity index (χ4v) is 2.56. The number of hydrogen-bond acceptors (Lipinski definition) is 2. The molecular weight excluding hydrogens is 268 g/mol. The lowest BCUT2D eigenvalue weighted by molar-refractivity contribution is -0.144. The van der Waals surface area contributed by atoms with E-state index >= 15 is 0 Å². The van der Waals surface area contributed by atoms with Gasteiger partial charge in [0.05, 0.1) is 5.56 Å². The monoisotopic (exact) mass is 288 g/mol. The molecule has 112 valence electrons. The van der Waals surface area contributed by atoms with E-state index in [2.05, 4.69) is 5.32 Å². The second-order valence-electron chi connectivity index (χ2n) is 5.51. The summed E-state index contributed by atoms with van der Waals surface area (Å²) < 4.78 is 1.86. The van der Waals surface area contributed by atoms with E-state index in [4.69, 9.17) is 0 Å². The van der Waals surface area contributed by atoms with Crippen molar-refractivity contribution < 1.29 is 14.7 Å². The van der Waals surface area contributed by atoms with Crippen molar-refractivity contribution in [3.8, 4) is 0 Å². The van der Waals surface area contributed by atoms with E-state index in [0.717, 1.165) is 10.9 Å². The van der Waals surface area contributed by atoms with Crippen LogP contribution in [0.15, 0.2) is 30.5 Å². The summed E-state index contributed by atoms with van der Waals surface area (Å²) >= 11 is 0. The predicted octanol–water partition coefficient (Wildman–Crippen LogP) is 2.55. The summed E-state index contributed by atoms with van der Waals surface area (Å²) in [6.45, 7) is 3.44. The molecule has 1 amide bonds. The number of carbonyl (C=O) groups excluding carboxylic acids is 1. The van der Waals surface area contributed by atoms with Gasteiger partial charge >= 0.3 is 5.97 Å². The van der Waals surface area contributed by atoms with Crippen molar-refractivity contribution in [3.63, 3.8) is 0 Å². The molecule has 0 aliphatic heterocycles. The van der Waals surface area contributed by atoms with E-state index in [0.29, 0.717) is 18.4 Å². The Bertz CT molecular complexity index is 690. The zero-order chi connectivity index (χ0) is 15.6. The second kappa shape index (κ2) is 5.60. The molecule has 2 rings (SSSR count). The summed E-state index contributed by atoms with van der Waals surface area (Å²) in [5.41, 5.74) is 0.190. The fraction of sp³-hybridized carbons (Fsp3) is 0.375. The van der Waals surface area contributed by atoms with Gasteiger partial charge in [0.2, 0.25) is 0 Å². The van der Waals surface area contributed by atoms with E-state index < -0.39 is 11.5 Å². The van der Waals surface area contributed by atoms with Crippen LogP contribution in [0.4, 0.5) is 0 Å². The third-order valence-corrected chi connectivity index (χ3v) is 3.75. The zero-order valence-corrected chi connectivity index (χ0v) is 12.5. The number of fused-ring (bicyclic) bond motifs is 1. The molecule has 21 heavy (non-hydrogen) atoms. The predicted molar refractivity (Wildman–Crippen MR) is 81.3 cm³/mol. The van der Waals surface area contributed by atoms with Gasteiger partial charge in [0.1, 0.15) is 5.54 Å². The lowest BCUT2D eigenvalue weighted by atomic mass is 9.95. The summed E-state index contributed by atoms with van der Waals surface area (Å²) in [7, 11) is 1.86. The number of carboxylic acid groups (broad SMARTS) is 1. The van der Waals surface area contributed by atoms with Crippen molar-refractivity contribution in [1.82, 2.24) is 9.88 Å². The highest BCUT2D eigenvalue weighted by atomic mass is 16.4. The van der Waals surface area contributed by atoms with E-state index in [1.165, 1.54) is 0 Å². The first-order valence-electron chi connectivity index (χ1n) is 6.99. The van der Waals surface area contributed by atoms with Crippen LogP contribution >= 0.6 is 0 Å². The van der Waals surface area contributed by atoms with Gasteiger partial charge in [-0.1, -0.05) is 31.5 Å². The molecule has 5 heteroatoms. The molecule has 0 aliphatic carbocycles. The smallest absolute Gasteiger partial charge is 0.329 e. The molecule has 0 fully saturated rings. The third kappa shape index (κ3) is 2.77. The Morgan fingerprint density at radius 3 is 2.62 bits per heavy atom. The number of carboxylic acids is 1. The van der Waals surface area contributed by atoms with Gasteiger partial charge in [-0.15, -0.1) is 0 Å². The van der Waals surface area contributed by atoms with Gasteiger partial charge in [-0.05, 0) is 19.4 Å². The normalized spacial score (nSPS) is 13.9. The Hall–Kier alpha value is -2.30. The maximum absolute atomic E-state index is 12.5. The minimum Gasteiger partial charge on any atom is -0.480 e. The molecule has 0 bridgehead atoms. The number of nitrogens with one attached hydrogen (secondary N) is 1. The molecule has 2 N–H and O–H groups in total. The SMILES string of the molecule is CCC[C@](C)(NC(=O)c1cn(C)c2ccccc12)C(=O)O. The molecule has 1 heterocycles. The maximum atomic E-state index is 12.5. The number of carbonyl (C=O) groups is 2. The van der Waals surface area contributed by atoms with Gasteiger partial charge in [-0.25, -0.2) is 4.79 Å². The van der Waals surface area contributed by atoms with Gasteiger partial charge in [0.15, 0.2) is 0 Å². The van der Waals surface area contributed by atoms with E-state index in [9.17, 15) is 14.7 Å². The summed E-state index contributed by atoms with van der Waals surface area (Å²) in [5, 5.41) is 12.8. The van der Waals surface area contributed by atoms with Crippen LogP contribution in [0.25, 0.3) is 10.9 Å². The third-order valence-electron chi connectivity index (χ3n) is 3.75. The Labute approximate surface area is 123 Å². The lowest BCUT2D eigenvalue weighted by Crippen LogP contribution is -2.52. The first-order chi connectivity index (χ1) is 9.89. The Morgan fingerprint density at radius 2 is 2.00 bits per heavy atom. The number of nitrogens with zero attached hydrogens (tertiary/aromatic N) is 1. The second-order valence-corrected chi connectivity index (χ2v) is 5.51. The number of benzene rings is 1. The van der Waals surface area contributed by atoms with Crippen molar-refractivity contribution in [2.75, 3.05) is 0 Å². The van der Waals surface area contributed by atoms with Crippen LogP contribution in [0.3, 0.4) is 0 Å². The largest absolute Gasteiger partial charge is 0.480 e. The Morgan fingerprint density at radius 1 is 1.33 bits per heavy atom. The van der Waals surface area contributed by atoms with Crippen LogP contribution in [0.2, 0.25) is 0 Å². The molecule has 1 aromatic carbocycles. The summed E-state index contributed by atoms with van der Waals surface area (Å²) in [5.74, 6) is -1.37. The first kappa shape index (κ1) is 15.1. The average molecular weight is 288 g/mol. The fourth-order valence-electron chi connectivity index (χ4n) is 2.56. The van der Waals surface area contributed by atoms with Crippen LogP contribution in [0, 0.1) is 0 Å². The molecule has 1 aromatic heterocycles. The van der Waals surface area contributed by atoms with Crippen molar-refractivity contribution in [2.45, 2.75) is 32.2 Å². The number of para-hydroxylation sites is 1. The highest BCUT2D eigenvalue weighted by Gasteiger charge is 2.34. The summed E-state index contributed by atoms with van der Waals surface area (Å²) in [4.78, 5) is 23.9. The number of aliphatic carboxylic acids is 1. The van der Waals surface area contributed by atoms with Crippen molar-refractivity contribution in [2.24, 2.45) is 7.05 Å². The van der Waals surface area contributed by atoms with Crippen molar-refractivity contribution in [3.05, 3.63) is 36.0 Å². The zero-order valence-electron chi connectivity index (χ0n) is 12.5. The van der Waals surface area contributed by atoms with Gasteiger partial charge in [-0.3, -0.25) is 4.79 Å². The maximum Gasteiger partial charge on any atom is 0.329 e. The van der Waals surface area contributed by atoms with E-state index in [1.807, 2.05) is 42.8 Å². The molecule has 0 saturated carbocycles. The molecule has 0 spiro atoms. The minimum absolute atomic E-state index is 0.356. The topological polar surface area (TPSA) is 71.3 Å². The highest BCUT2D eigenvalue weighted by Crippen LogP contribution is 2.22. The van der Waals surface area contributed by atoms with Gasteiger partial charge < -0.3 is 15.0 Å². The van der Waals surface area contributed by atoms with Gasteiger partial charge in [0.25, 0.3) is 5.91 Å². The summed E-state index contributed by atoms with van der Waals surface area (Å²) in [6, 6.07) is 7.56. The van der Waals surface area contributed by atoms with E-state index in [-0.39, 0.29) is 5.91 Å². The molecule has 0 radical (unpaired) electrons. The van der Waals surface area contributed by atoms with E-state index in [1.54, 1.807) is 13.1 Å². The van der Waals surface area contributed by atoms with Gasteiger partial charge in [-0.2, -0.15) is 0 Å². The molecule has 1 atom stereocenters. The molecule has 0 unspecified atom stereocenters. The first-order valence-corrected chi connectivity index (χ1v) is 6.99. The van der Waals surface area contributed by atoms with Crippen LogP contribution in [0.5, 0.6) is 0 Å². The molecule has 5 nitrogen and oxygen atoms in total.